The van der Waals surface area contributed by atoms with Crippen molar-refractivity contribution in [1.82, 2.24) is 10.6 Å². The van der Waals surface area contributed by atoms with Crippen molar-refractivity contribution < 1.29 is 13.9 Å². The molecule has 0 unspecified atom stereocenters. The second-order valence-corrected chi connectivity index (χ2v) is 5.85. The lowest BCUT2D eigenvalue weighted by Gasteiger charge is -2.15. The van der Waals surface area contributed by atoms with E-state index < -0.39 is 0 Å². The molecular formula is C21H26FN3O2. The lowest BCUT2D eigenvalue weighted by atomic mass is 10.1. The van der Waals surface area contributed by atoms with Gasteiger partial charge in [-0.15, -0.1) is 0 Å². The van der Waals surface area contributed by atoms with Gasteiger partial charge in [0.15, 0.2) is 5.96 Å². The Balaban J connectivity index is 1.93. The van der Waals surface area contributed by atoms with Crippen LogP contribution in [0.1, 0.15) is 16.7 Å². The third-order valence-electron chi connectivity index (χ3n) is 3.87. The molecule has 0 aliphatic rings. The highest BCUT2D eigenvalue weighted by Gasteiger charge is 2.06. The summed E-state index contributed by atoms with van der Waals surface area (Å²) in [5, 5.41) is 6.48. The highest BCUT2D eigenvalue weighted by atomic mass is 19.1. The maximum Gasteiger partial charge on any atom is 0.191 e. The molecule has 0 aliphatic heterocycles. The van der Waals surface area contributed by atoms with E-state index in [4.69, 9.17) is 9.47 Å². The number of nitrogens with zero attached hydrogens (tertiary/aromatic N) is 1. The Morgan fingerprint density at radius 2 is 1.93 bits per heavy atom. The molecule has 2 rings (SSSR count). The summed E-state index contributed by atoms with van der Waals surface area (Å²) in [6.07, 6.45) is 1.71. The molecular weight excluding hydrogens is 345 g/mol. The zero-order valence-electron chi connectivity index (χ0n) is 15.8. The van der Waals surface area contributed by atoms with E-state index in [1.165, 1.54) is 6.07 Å². The normalized spacial score (nSPS) is 11.1. The number of aliphatic imine (C=N–C) groups is 1. The Kier molecular flexibility index (Phi) is 8.32. The summed E-state index contributed by atoms with van der Waals surface area (Å²) in [6.45, 7) is 5.45. The van der Waals surface area contributed by atoms with E-state index >= 15 is 0 Å². The summed E-state index contributed by atoms with van der Waals surface area (Å²) < 4.78 is 24.4. The molecule has 0 amide bonds. The van der Waals surface area contributed by atoms with E-state index in [1.807, 2.05) is 24.3 Å². The lowest BCUT2D eigenvalue weighted by molar-refractivity contribution is 0.181. The first kappa shape index (κ1) is 20.5. The quantitative estimate of drug-likeness (QED) is 0.403. The Morgan fingerprint density at radius 1 is 1.15 bits per heavy atom. The molecule has 0 heterocycles. The predicted molar refractivity (Wildman–Crippen MR) is 106 cm³/mol. The van der Waals surface area contributed by atoms with E-state index in [2.05, 4.69) is 22.2 Å². The Labute approximate surface area is 159 Å². The minimum atomic E-state index is -0.265. The van der Waals surface area contributed by atoms with Crippen LogP contribution in [0.5, 0.6) is 5.75 Å². The second-order valence-electron chi connectivity index (χ2n) is 5.85. The minimum Gasteiger partial charge on any atom is -0.489 e. The molecule has 0 saturated heterocycles. The van der Waals surface area contributed by atoms with E-state index in [-0.39, 0.29) is 12.4 Å². The van der Waals surface area contributed by atoms with Crippen LogP contribution >= 0.6 is 0 Å². The fraction of sp³-hybridized carbons (Fsp3) is 0.286. The van der Waals surface area contributed by atoms with Crippen LogP contribution < -0.4 is 15.4 Å². The fourth-order valence-corrected chi connectivity index (χ4v) is 2.53. The molecule has 0 bridgehead atoms. The highest BCUT2D eigenvalue weighted by Crippen LogP contribution is 2.17. The number of rotatable bonds is 9. The summed E-state index contributed by atoms with van der Waals surface area (Å²) in [6, 6.07) is 12.8. The third-order valence-corrected chi connectivity index (χ3v) is 3.87. The van der Waals surface area contributed by atoms with Crippen molar-refractivity contribution >= 4 is 5.96 Å². The molecule has 6 heteroatoms. The van der Waals surface area contributed by atoms with Crippen LogP contribution in [0.2, 0.25) is 0 Å². The van der Waals surface area contributed by atoms with Crippen molar-refractivity contribution in [2.45, 2.75) is 19.7 Å². The molecule has 2 N–H and O–H groups in total. The van der Waals surface area contributed by atoms with Crippen LogP contribution in [0.4, 0.5) is 4.39 Å². The lowest BCUT2D eigenvalue weighted by Crippen LogP contribution is -2.36. The van der Waals surface area contributed by atoms with Crippen LogP contribution in [0.3, 0.4) is 0 Å². The van der Waals surface area contributed by atoms with Crippen molar-refractivity contribution in [1.29, 1.82) is 0 Å². The number of guanidine groups is 1. The van der Waals surface area contributed by atoms with Crippen molar-refractivity contribution in [3.63, 3.8) is 0 Å². The van der Waals surface area contributed by atoms with Crippen LogP contribution in [0.25, 0.3) is 0 Å². The van der Waals surface area contributed by atoms with Crippen molar-refractivity contribution in [2.75, 3.05) is 20.8 Å². The summed E-state index contributed by atoms with van der Waals surface area (Å²) in [5.41, 5.74) is 2.50. The topological polar surface area (TPSA) is 54.9 Å². The van der Waals surface area contributed by atoms with E-state index in [1.54, 1.807) is 32.4 Å². The minimum absolute atomic E-state index is 0.244. The van der Waals surface area contributed by atoms with Crippen LogP contribution in [0, 0.1) is 5.82 Å². The van der Waals surface area contributed by atoms with Gasteiger partial charge in [-0.05, 0) is 23.8 Å². The molecule has 144 valence electrons. The van der Waals surface area contributed by atoms with Crippen molar-refractivity contribution in [3.05, 3.63) is 77.6 Å². The van der Waals surface area contributed by atoms with E-state index in [0.717, 1.165) is 16.9 Å². The molecule has 2 aromatic rings. The molecule has 0 aliphatic carbocycles. The van der Waals surface area contributed by atoms with Gasteiger partial charge in [0.25, 0.3) is 0 Å². The van der Waals surface area contributed by atoms with Gasteiger partial charge in [-0.3, -0.25) is 4.99 Å². The summed E-state index contributed by atoms with van der Waals surface area (Å²) in [7, 11) is 3.25. The molecule has 2 aromatic carbocycles. The average Bonchev–Trinajstić information content (AvgIpc) is 2.69. The van der Waals surface area contributed by atoms with Crippen molar-refractivity contribution in [3.8, 4) is 5.75 Å². The molecule has 0 fully saturated rings. The van der Waals surface area contributed by atoms with E-state index in [0.29, 0.717) is 31.2 Å². The first-order valence-electron chi connectivity index (χ1n) is 8.70. The maximum absolute atomic E-state index is 13.7. The van der Waals surface area contributed by atoms with Gasteiger partial charge in [-0.2, -0.15) is 0 Å². The Morgan fingerprint density at radius 3 is 2.67 bits per heavy atom. The van der Waals surface area contributed by atoms with Crippen LogP contribution in [-0.2, 0) is 24.4 Å². The third kappa shape index (κ3) is 6.42. The molecule has 0 aromatic heterocycles. The van der Waals surface area contributed by atoms with Crippen molar-refractivity contribution in [2.24, 2.45) is 4.99 Å². The van der Waals surface area contributed by atoms with Gasteiger partial charge in [0.1, 0.15) is 18.2 Å². The highest BCUT2D eigenvalue weighted by molar-refractivity contribution is 5.79. The zero-order chi connectivity index (χ0) is 19.5. The molecule has 0 radical (unpaired) electrons. The van der Waals surface area contributed by atoms with Gasteiger partial charge in [0, 0.05) is 38.4 Å². The van der Waals surface area contributed by atoms with E-state index in [9.17, 15) is 4.39 Å². The van der Waals surface area contributed by atoms with Gasteiger partial charge >= 0.3 is 0 Å². The predicted octanol–water partition coefficient (Wildman–Crippen LogP) is 3.40. The molecule has 5 nitrogen and oxygen atoms in total. The van der Waals surface area contributed by atoms with Gasteiger partial charge < -0.3 is 20.1 Å². The summed E-state index contributed by atoms with van der Waals surface area (Å²) in [5.74, 6) is 1.19. The fourth-order valence-electron chi connectivity index (χ4n) is 2.53. The standard InChI is InChI=1S/C21H26FN3O2/c1-4-11-27-20-8-6-5-7-17(20)14-25-21(23-2)24-13-16-9-10-19(22)18(12-16)15-26-3/h4-10,12H,1,11,13-15H2,2-3H3,(H2,23,24,25). The molecule has 0 atom stereocenters. The molecule has 0 saturated carbocycles. The van der Waals surface area contributed by atoms with Gasteiger partial charge in [0.05, 0.1) is 6.61 Å². The Hall–Kier alpha value is -2.86. The number of para-hydroxylation sites is 1. The summed E-state index contributed by atoms with van der Waals surface area (Å²) in [4.78, 5) is 4.22. The molecule has 0 spiro atoms. The largest absolute Gasteiger partial charge is 0.489 e. The van der Waals surface area contributed by atoms with Crippen LogP contribution in [0.15, 0.2) is 60.1 Å². The number of benzene rings is 2. The first-order chi connectivity index (χ1) is 13.2. The number of methoxy groups -OCH3 is 1. The monoisotopic (exact) mass is 371 g/mol. The second kappa shape index (κ2) is 11.0. The van der Waals surface area contributed by atoms with Crippen LogP contribution in [-0.4, -0.2) is 26.7 Å². The molecule has 27 heavy (non-hydrogen) atoms. The van der Waals surface area contributed by atoms with Gasteiger partial charge in [-0.25, -0.2) is 4.39 Å². The number of halogens is 1. The smallest absolute Gasteiger partial charge is 0.191 e. The summed E-state index contributed by atoms with van der Waals surface area (Å²) >= 11 is 0. The first-order valence-corrected chi connectivity index (χ1v) is 8.70. The maximum atomic E-state index is 13.7. The number of ether oxygens (including phenoxy) is 2. The zero-order valence-corrected chi connectivity index (χ0v) is 15.8. The van der Waals surface area contributed by atoms with Gasteiger partial charge in [-0.1, -0.05) is 36.9 Å². The SMILES string of the molecule is C=CCOc1ccccc1CNC(=NC)NCc1ccc(F)c(COC)c1. The average molecular weight is 371 g/mol. The van der Waals surface area contributed by atoms with Gasteiger partial charge in [0.2, 0.25) is 0 Å². The number of hydrogen-bond acceptors (Lipinski definition) is 3. The number of nitrogens with one attached hydrogen (secondary N) is 2. The Bertz CT molecular complexity index is 778. The number of hydrogen-bond donors (Lipinski definition) is 2.